The summed E-state index contributed by atoms with van der Waals surface area (Å²) in [4.78, 5) is 0. The van der Waals surface area contributed by atoms with Crippen molar-refractivity contribution in [1.29, 1.82) is 0 Å². The van der Waals surface area contributed by atoms with E-state index in [1.807, 2.05) is 37.3 Å². The number of anilines is 2. The maximum Gasteiger partial charge on any atom is 0.146 e. The number of benzene rings is 3. The Bertz CT molecular complexity index is 952. The fraction of sp³-hybridized carbons (Fsp3) is 0.231. The summed E-state index contributed by atoms with van der Waals surface area (Å²) in [6, 6.07) is 19.1. The molecule has 3 aromatic rings. The molecule has 3 rings (SSSR count). The molecule has 0 heterocycles. The van der Waals surface area contributed by atoms with Crippen LogP contribution in [0.25, 0.3) is 0 Å². The van der Waals surface area contributed by atoms with Gasteiger partial charge < -0.3 is 10.1 Å². The topological polar surface area (TPSA) is 21.3 Å². The van der Waals surface area contributed by atoms with Crippen LogP contribution in [0.5, 0.6) is 5.75 Å². The lowest BCUT2D eigenvalue weighted by Crippen LogP contribution is -1.99. The van der Waals surface area contributed by atoms with E-state index in [4.69, 9.17) is 4.74 Å². The first-order valence-electron chi connectivity index (χ1n) is 10.3. The van der Waals surface area contributed by atoms with Crippen LogP contribution in [0.2, 0.25) is 0 Å². The summed E-state index contributed by atoms with van der Waals surface area (Å²) in [7, 11) is 0. The number of allylic oxidation sites excluding steroid dienone is 1. The molecule has 2 nitrogen and oxygen atoms in total. The van der Waals surface area contributed by atoms with Crippen LogP contribution in [0.1, 0.15) is 36.8 Å². The maximum absolute atomic E-state index is 14.2. The van der Waals surface area contributed by atoms with E-state index >= 15 is 0 Å². The van der Waals surface area contributed by atoms with Crippen molar-refractivity contribution in [1.82, 2.24) is 0 Å². The molecule has 0 saturated heterocycles. The van der Waals surface area contributed by atoms with Crippen LogP contribution in [-0.4, -0.2) is 6.61 Å². The van der Waals surface area contributed by atoms with Crippen molar-refractivity contribution >= 4 is 11.4 Å². The first kappa shape index (κ1) is 21.6. The molecule has 0 bridgehead atoms. The molecule has 1 atom stereocenters. The summed E-state index contributed by atoms with van der Waals surface area (Å²) < 4.78 is 32.8. The van der Waals surface area contributed by atoms with Crippen molar-refractivity contribution in [2.24, 2.45) is 0 Å². The van der Waals surface area contributed by atoms with Gasteiger partial charge in [-0.05, 0) is 85.8 Å². The number of aryl methyl sites for hydroxylation is 1. The van der Waals surface area contributed by atoms with Gasteiger partial charge in [0.25, 0.3) is 0 Å². The van der Waals surface area contributed by atoms with Gasteiger partial charge in [0.05, 0.1) is 12.3 Å². The van der Waals surface area contributed by atoms with E-state index in [1.165, 1.54) is 23.8 Å². The second-order valence-electron chi connectivity index (χ2n) is 7.18. The van der Waals surface area contributed by atoms with Crippen LogP contribution in [0.15, 0.2) is 79.4 Å². The molecule has 0 fully saturated rings. The Labute approximate surface area is 177 Å². The Kier molecular flexibility index (Phi) is 7.61. The lowest BCUT2D eigenvalue weighted by molar-refractivity contribution is 0.340. The SMILES string of the molecule is C=CC(CCCc1ccc(F)c(Nc2ccc(F)cc2)c1)c1ccc(OCC)cc1. The van der Waals surface area contributed by atoms with Crippen molar-refractivity contribution in [3.8, 4) is 5.75 Å². The quantitative estimate of drug-likeness (QED) is 0.354. The van der Waals surface area contributed by atoms with Crippen molar-refractivity contribution < 1.29 is 13.5 Å². The van der Waals surface area contributed by atoms with Gasteiger partial charge in [0.15, 0.2) is 0 Å². The zero-order valence-electron chi connectivity index (χ0n) is 17.2. The van der Waals surface area contributed by atoms with Crippen LogP contribution in [0.3, 0.4) is 0 Å². The third-order valence-electron chi connectivity index (χ3n) is 5.04. The Morgan fingerprint density at radius 2 is 1.73 bits per heavy atom. The summed E-state index contributed by atoms with van der Waals surface area (Å²) >= 11 is 0. The van der Waals surface area contributed by atoms with Crippen LogP contribution >= 0.6 is 0 Å². The second kappa shape index (κ2) is 10.6. The predicted molar refractivity (Wildman–Crippen MR) is 120 cm³/mol. The fourth-order valence-electron chi connectivity index (χ4n) is 3.44. The molecule has 4 heteroatoms. The largest absolute Gasteiger partial charge is 0.494 e. The summed E-state index contributed by atoms with van der Waals surface area (Å²) in [5.74, 6) is 0.481. The predicted octanol–water partition coefficient (Wildman–Crippen LogP) is 7.40. The van der Waals surface area contributed by atoms with E-state index < -0.39 is 0 Å². The summed E-state index contributed by atoms with van der Waals surface area (Å²) in [5.41, 5.74) is 3.31. The zero-order valence-corrected chi connectivity index (χ0v) is 17.2. The van der Waals surface area contributed by atoms with Crippen LogP contribution in [0.4, 0.5) is 20.2 Å². The third-order valence-corrected chi connectivity index (χ3v) is 5.04. The first-order valence-corrected chi connectivity index (χ1v) is 10.3. The van der Waals surface area contributed by atoms with Crippen molar-refractivity contribution in [3.05, 3.63) is 102 Å². The highest BCUT2D eigenvalue weighted by Crippen LogP contribution is 2.27. The van der Waals surface area contributed by atoms with E-state index in [0.29, 0.717) is 18.0 Å². The summed E-state index contributed by atoms with van der Waals surface area (Å²) in [5, 5.41) is 3.02. The smallest absolute Gasteiger partial charge is 0.146 e. The van der Waals surface area contributed by atoms with E-state index in [0.717, 1.165) is 30.6 Å². The summed E-state index contributed by atoms with van der Waals surface area (Å²) in [6.07, 6.45) is 4.71. The van der Waals surface area contributed by atoms with E-state index in [2.05, 4.69) is 24.0 Å². The lowest BCUT2D eigenvalue weighted by atomic mass is 9.92. The number of rotatable bonds is 10. The van der Waals surface area contributed by atoms with Crippen LogP contribution in [-0.2, 0) is 6.42 Å². The van der Waals surface area contributed by atoms with Crippen LogP contribution in [0, 0.1) is 11.6 Å². The van der Waals surface area contributed by atoms with Gasteiger partial charge in [-0.25, -0.2) is 8.78 Å². The number of halogens is 2. The van der Waals surface area contributed by atoms with Gasteiger partial charge in [0.1, 0.15) is 17.4 Å². The van der Waals surface area contributed by atoms with Crippen molar-refractivity contribution in [2.45, 2.75) is 32.1 Å². The number of hydrogen-bond acceptors (Lipinski definition) is 2. The standard InChI is InChI=1S/C26H27F2NO/c1-3-20(21-9-15-24(16-10-21)30-4-2)7-5-6-19-8-17-25(28)26(18-19)29-23-13-11-22(27)12-14-23/h3,8-18,20,29H,1,4-7H2,2H3. The first-order chi connectivity index (χ1) is 14.6. The van der Waals surface area contributed by atoms with E-state index in [1.54, 1.807) is 12.1 Å². The van der Waals surface area contributed by atoms with Crippen molar-refractivity contribution in [3.63, 3.8) is 0 Å². The molecule has 0 saturated carbocycles. The monoisotopic (exact) mass is 407 g/mol. The minimum atomic E-state index is -0.332. The minimum Gasteiger partial charge on any atom is -0.494 e. The highest BCUT2D eigenvalue weighted by atomic mass is 19.1. The Morgan fingerprint density at radius 1 is 1.00 bits per heavy atom. The lowest BCUT2D eigenvalue weighted by Gasteiger charge is -2.14. The molecular formula is C26H27F2NO. The molecule has 0 aliphatic carbocycles. The molecule has 30 heavy (non-hydrogen) atoms. The molecule has 1 unspecified atom stereocenters. The van der Waals surface area contributed by atoms with Gasteiger partial charge in [-0.3, -0.25) is 0 Å². The second-order valence-corrected chi connectivity index (χ2v) is 7.18. The Balaban J connectivity index is 1.59. The van der Waals surface area contributed by atoms with Gasteiger partial charge in [-0.2, -0.15) is 0 Å². The molecule has 0 amide bonds. The van der Waals surface area contributed by atoms with E-state index in [-0.39, 0.29) is 17.6 Å². The normalized spacial score (nSPS) is 11.7. The molecule has 0 aromatic heterocycles. The highest BCUT2D eigenvalue weighted by Gasteiger charge is 2.09. The summed E-state index contributed by atoms with van der Waals surface area (Å²) in [6.45, 7) is 6.60. The molecule has 3 aromatic carbocycles. The van der Waals surface area contributed by atoms with Gasteiger partial charge >= 0.3 is 0 Å². The maximum atomic E-state index is 14.2. The van der Waals surface area contributed by atoms with Crippen molar-refractivity contribution in [2.75, 3.05) is 11.9 Å². The third kappa shape index (κ3) is 5.93. The van der Waals surface area contributed by atoms with E-state index in [9.17, 15) is 8.78 Å². The molecular weight excluding hydrogens is 380 g/mol. The highest BCUT2D eigenvalue weighted by molar-refractivity contribution is 5.60. The average molecular weight is 408 g/mol. The number of hydrogen-bond donors (Lipinski definition) is 1. The molecule has 0 radical (unpaired) electrons. The molecule has 0 aliphatic rings. The molecule has 156 valence electrons. The average Bonchev–Trinajstić information content (AvgIpc) is 2.76. The van der Waals surface area contributed by atoms with Crippen LogP contribution < -0.4 is 10.1 Å². The Hall–Kier alpha value is -3.14. The molecule has 0 spiro atoms. The molecule has 0 aliphatic heterocycles. The van der Waals surface area contributed by atoms with Gasteiger partial charge in [0.2, 0.25) is 0 Å². The fourth-order valence-corrected chi connectivity index (χ4v) is 3.44. The molecule has 1 N–H and O–H groups in total. The number of nitrogens with one attached hydrogen (secondary N) is 1. The van der Waals surface area contributed by atoms with Gasteiger partial charge in [-0.15, -0.1) is 6.58 Å². The van der Waals surface area contributed by atoms with Gasteiger partial charge in [-0.1, -0.05) is 24.3 Å². The Morgan fingerprint density at radius 3 is 2.40 bits per heavy atom. The number of ether oxygens (including phenoxy) is 1. The van der Waals surface area contributed by atoms with Gasteiger partial charge in [0, 0.05) is 11.6 Å². The minimum absolute atomic E-state index is 0.262. The zero-order chi connectivity index (χ0) is 21.3.